The fourth-order valence-electron chi connectivity index (χ4n) is 2.93. The molecule has 0 spiro atoms. The maximum Gasteiger partial charge on any atom is 0.271 e. The van der Waals surface area contributed by atoms with Crippen LogP contribution in [0.25, 0.3) is 0 Å². The fraction of sp³-hybridized carbons (Fsp3) is 0.474. The van der Waals surface area contributed by atoms with Crippen LogP contribution in [0, 0.1) is 23.3 Å². The highest BCUT2D eigenvalue weighted by atomic mass is 35.5. The number of aryl methyl sites for hydroxylation is 2. The lowest BCUT2D eigenvalue weighted by Gasteiger charge is -2.13. The first-order valence-corrected chi connectivity index (χ1v) is 9.45. The summed E-state index contributed by atoms with van der Waals surface area (Å²) in [5, 5.41) is 6.43. The Morgan fingerprint density at radius 2 is 1.61 bits per heavy atom. The van der Waals surface area contributed by atoms with Crippen LogP contribution in [0.2, 0.25) is 5.02 Å². The maximum atomic E-state index is 14.3. The number of nitrogens with zero attached hydrogens (tertiary/aromatic N) is 2. The molecule has 1 N–H and O–H groups in total. The lowest BCUT2D eigenvalue weighted by molar-refractivity contribution is 0.0940. The van der Waals surface area contributed by atoms with E-state index in [-0.39, 0.29) is 17.1 Å². The molecule has 0 unspecified atom stereocenters. The van der Waals surface area contributed by atoms with Gasteiger partial charge in [-0.2, -0.15) is 5.10 Å². The summed E-state index contributed by atoms with van der Waals surface area (Å²) in [6, 6.07) is 0. The Bertz CT molecular complexity index is 854. The normalized spacial score (nSPS) is 11.1. The Balaban J connectivity index is 2.25. The zero-order valence-corrected chi connectivity index (χ0v) is 16.7. The number of rotatable bonds is 8. The van der Waals surface area contributed by atoms with Gasteiger partial charge in [0.1, 0.15) is 5.69 Å². The molecule has 0 saturated carbocycles. The van der Waals surface area contributed by atoms with Crippen LogP contribution in [-0.4, -0.2) is 15.7 Å². The smallest absolute Gasteiger partial charge is 0.271 e. The average molecular weight is 420 g/mol. The van der Waals surface area contributed by atoms with Gasteiger partial charge in [0, 0.05) is 24.7 Å². The molecule has 0 atom stereocenters. The second kappa shape index (κ2) is 9.41. The quantitative estimate of drug-likeness (QED) is 0.377. The molecule has 0 fully saturated rings. The SMILES string of the molecule is CCCCCc1c(F)c(F)c(CNC(=O)c2c(Cl)c(CC)nn2C)c(F)c1F. The summed E-state index contributed by atoms with van der Waals surface area (Å²) in [6.07, 6.45) is 2.29. The fourth-order valence-corrected chi connectivity index (χ4v) is 3.31. The summed E-state index contributed by atoms with van der Waals surface area (Å²) in [6.45, 7) is 2.97. The Morgan fingerprint density at radius 1 is 1.04 bits per heavy atom. The van der Waals surface area contributed by atoms with Gasteiger partial charge in [0.15, 0.2) is 23.3 Å². The van der Waals surface area contributed by atoms with Crippen molar-refractivity contribution in [3.63, 3.8) is 0 Å². The number of aromatic nitrogens is 2. The van der Waals surface area contributed by atoms with Gasteiger partial charge in [-0.3, -0.25) is 9.48 Å². The molecule has 28 heavy (non-hydrogen) atoms. The number of unbranched alkanes of at least 4 members (excludes halogenated alkanes) is 2. The molecule has 0 saturated heterocycles. The highest BCUT2D eigenvalue weighted by Gasteiger charge is 2.26. The molecule has 1 aromatic heterocycles. The Hall–Kier alpha value is -2.09. The number of carbonyl (C=O) groups is 1. The van der Waals surface area contributed by atoms with Crippen molar-refractivity contribution >= 4 is 17.5 Å². The van der Waals surface area contributed by atoms with Crippen molar-refractivity contribution in [2.45, 2.75) is 52.5 Å². The lowest BCUT2D eigenvalue weighted by atomic mass is 10.0. The van der Waals surface area contributed by atoms with E-state index in [4.69, 9.17) is 11.6 Å². The van der Waals surface area contributed by atoms with Crippen molar-refractivity contribution in [1.29, 1.82) is 0 Å². The van der Waals surface area contributed by atoms with Crippen molar-refractivity contribution in [2.75, 3.05) is 0 Å². The highest BCUT2D eigenvalue weighted by molar-refractivity contribution is 6.34. The van der Waals surface area contributed by atoms with E-state index in [9.17, 15) is 22.4 Å². The minimum Gasteiger partial charge on any atom is -0.346 e. The van der Waals surface area contributed by atoms with Gasteiger partial charge in [0.2, 0.25) is 0 Å². The summed E-state index contributed by atoms with van der Waals surface area (Å²) >= 11 is 6.09. The minimum atomic E-state index is -1.50. The summed E-state index contributed by atoms with van der Waals surface area (Å²) < 4.78 is 58.3. The van der Waals surface area contributed by atoms with Crippen molar-refractivity contribution in [1.82, 2.24) is 15.1 Å². The van der Waals surface area contributed by atoms with Crippen LogP contribution >= 0.6 is 11.6 Å². The minimum absolute atomic E-state index is 0.00328. The van der Waals surface area contributed by atoms with E-state index >= 15 is 0 Å². The summed E-state index contributed by atoms with van der Waals surface area (Å²) in [5.41, 5.74) is -1.01. The van der Waals surface area contributed by atoms with Crippen LogP contribution in [0.4, 0.5) is 17.6 Å². The van der Waals surface area contributed by atoms with Crippen molar-refractivity contribution < 1.29 is 22.4 Å². The van der Waals surface area contributed by atoms with Crippen LogP contribution in [0.1, 0.15) is 60.4 Å². The number of hydrogen-bond donors (Lipinski definition) is 1. The molecule has 2 rings (SSSR count). The van der Waals surface area contributed by atoms with Crippen LogP contribution < -0.4 is 5.32 Å². The predicted molar refractivity (Wildman–Crippen MR) is 98.3 cm³/mol. The van der Waals surface area contributed by atoms with E-state index in [1.54, 1.807) is 6.92 Å². The maximum absolute atomic E-state index is 14.3. The van der Waals surface area contributed by atoms with Crippen LogP contribution in [0.15, 0.2) is 0 Å². The largest absolute Gasteiger partial charge is 0.346 e. The Morgan fingerprint density at radius 3 is 2.11 bits per heavy atom. The van der Waals surface area contributed by atoms with Crippen molar-refractivity contribution in [2.24, 2.45) is 7.05 Å². The third-order valence-corrected chi connectivity index (χ3v) is 4.90. The zero-order valence-electron chi connectivity index (χ0n) is 15.9. The predicted octanol–water partition coefficient (Wildman–Crippen LogP) is 4.86. The Kier molecular flexibility index (Phi) is 7.46. The third-order valence-electron chi connectivity index (χ3n) is 4.51. The third kappa shape index (κ3) is 4.32. The molecule has 4 nitrogen and oxygen atoms in total. The monoisotopic (exact) mass is 419 g/mol. The molecule has 9 heteroatoms. The number of amides is 1. The number of benzene rings is 1. The lowest BCUT2D eigenvalue weighted by Crippen LogP contribution is -2.27. The van der Waals surface area contributed by atoms with Gasteiger partial charge < -0.3 is 5.32 Å². The summed E-state index contributed by atoms with van der Waals surface area (Å²) in [5.74, 6) is -6.62. The van der Waals surface area contributed by atoms with Gasteiger partial charge in [-0.25, -0.2) is 17.6 Å². The number of hydrogen-bond acceptors (Lipinski definition) is 2. The molecular weight excluding hydrogens is 398 g/mol. The molecular formula is C19H22ClF4N3O. The molecule has 0 aliphatic carbocycles. The first-order valence-electron chi connectivity index (χ1n) is 9.07. The highest BCUT2D eigenvalue weighted by Crippen LogP contribution is 2.26. The topological polar surface area (TPSA) is 46.9 Å². The Labute approximate surface area is 165 Å². The first-order chi connectivity index (χ1) is 13.2. The van der Waals surface area contributed by atoms with Crippen molar-refractivity contribution in [3.8, 4) is 0 Å². The van der Waals surface area contributed by atoms with Gasteiger partial charge >= 0.3 is 0 Å². The second-order valence-corrected chi connectivity index (χ2v) is 6.82. The van der Waals surface area contributed by atoms with Gasteiger partial charge in [-0.1, -0.05) is 38.3 Å². The molecule has 0 aliphatic heterocycles. The standard InChI is InChI=1S/C19H22ClF4N3O/c1-4-6-7-8-10-14(21)16(23)11(17(24)15(10)22)9-25-19(28)18-13(20)12(5-2)26-27(18)3/h4-9H2,1-3H3,(H,25,28). The van der Waals surface area contributed by atoms with Gasteiger partial charge in [-0.15, -0.1) is 0 Å². The first kappa shape index (κ1) is 22.2. The van der Waals surface area contributed by atoms with Crippen LogP contribution in [0.5, 0.6) is 0 Å². The van der Waals surface area contributed by atoms with E-state index in [0.29, 0.717) is 25.0 Å². The molecule has 1 heterocycles. The number of carbonyl (C=O) groups excluding carboxylic acids is 1. The number of nitrogens with one attached hydrogen (secondary N) is 1. The molecule has 0 radical (unpaired) electrons. The molecule has 154 valence electrons. The van der Waals surface area contributed by atoms with Gasteiger partial charge in [0.25, 0.3) is 5.91 Å². The van der Waals surface area contributed by atoms with E-state index in [1.807, 2.05) is 6.92 Å². The van der Waals surface area contributed by atoms with E-state index in [0.717, 1.165) is 6.42 Å². The molecule has 0 aliphatic rings. The van der Waals surface area contributed by atoms with E-state index in [2.05, 4.69) is 10.4 Å². The molecule has 1 aromatic carbocycles. The number of halogens is 5. The second-order valence-electron chi connectivity index (χ2n) is 6.44. The average Bonchev–Trinajstić information content (AvgIpc) is 2.96. The molecule has 2 aromatic rings. The van der Waals surface area contributed by atoms with Gasteiger partial charge in [0.05, 0.1) is 10.7 Å². The molecule has 0 bridgehead atoms. The van der Waals surface area contributed by atoms with Crippen molar-refractivity contribution in [3.05, 3.63) is 50.8 Å². The summed E-state index contributed by atoms with van der Waals surface area (Å²) in [7, 11) is 1.49. The van der Waals surface area contributed by atoms with Crippen LogP contribution in [-0.2, 0) is 26.4 Å². The van der Waals surface area contributed by atoms with Gasteiger partial charge in [-0.05, 0) is 19.3 Å². The summed E-state index contributed by atoms with van der Waals surface area (Å²) in [4.78, 5) is 12.3. The van der Waals surface area contributed by atoms with E-state index in [1.165, 1.54) is 11.7 Å². The van der Waals surface area contributed by atoms with E-state index < -0.39 is 46.8 Å². The van der Waals surface area contributed by atoms with Crippen LogP contribution in [0.3, 0.4) is 0 Å². The molecule has 1 amide bonds. The zero-order chi connectivity index (χ0) is 21.0.